The van der Waals surface area contributed by atoms with Crippen LogP contribution in [0.15, 0.2) is 0 Å². The fourth-order valence-corrected chi connectivity index (χ4v) is 3.14. The number of nitrogens with one attached hydrogen (secondary N) is 1. The number of hydrogen-bond acceptors (Lipinski definition) is 4. The van der Waals surface area contributed by atoms with Crippen molar-refractivity contribution in [1.29, 1.82) is 0 Å². The average molecular weight is 262 g/mol. The lowest BCUT2D eigenvalue weighted by Crippen LogP contribution is -2.46. The first-order valence-electron chi connectivity index (χ1n) is 7.01. The molecule has 6 heteroatoms. The number of carbonyl (C=O) groups is 1. The lowest BCUT2D eigenvalue weighted by Gasteiger charge is -2.31. The van der Waals surface area contributed by atoms with Crippen LogP contribution in [-0.2, 0) is 4.74 Å². The molecular weight excluding hydrogens is 244 g/mol. The van der Waals surface area contributed by atoms with E-state index < -0.39 is 0 Å². The average Bonchev–Trinajstić information content (AvgIpc) is 3.11. The fraction of sp³-hybridized carbons (Fsp3) is 0.692. The van der Waals surface area contributed by atoms with Crippen molar-refractivity contribution in [1.82, 2.24) is 15.1 Å². The molecule has 1 amide bonds. The van der Waals surface area contributed by atoms with Gasteiger partial charge in [0, 0.05) is 19.0 Å². The number of aromatic amines is 1. The van der Waals surface area contributed by atoms with Crippen molar-refractivity contribution in [3.8, 4) is 0 Å². The number of hydrogen-bond donors (Lipinski definition) is 2. The topological polar surface area (TPSA) is 84.2 Å². The van der Waals surface area contributed by atoms with Gasteiger partial charge < -0.3 is 15.4 Å². The molecule has 1 aromatic heterocycles. The van der Waals surface area contributed by atoms with Gasteiger partial charge in [-0.25, -0.2) is 0 Å². The van der Waals surface area contributed by atoms with E-state index in [2.05, 4.69) is 10.2 Å². The first-order chi connectivity index (χ1) is 9.22. The van der Waals surface area contributed by atoms with Gasteiger partial charge in [-0.05, 0) is 25.7 Å². The van der Waals surface area contributed by atoms with E-state index in [9.17, 15) is 4.79 Å². The third-order valence-corrected chi connectivity index (χ3v) is 4.35. The van der Waals surface area contributed by atoms with E-state index >= 15 is 0 Å². The number of nitrogens with zero attached hydrogens (tertiary/aromatic N) is 2. The molecule has 2 unspecified atom stereocenters. The van der Waals surface area contributed by atoms with E-state index in [1.54, 1.807) is 0 Å². The van der Waals surface area contributed by atoms with Crippen LogP contribution in [0.2, 0.25) is 0 Å². The van der Waals surface area contributed by atoms with E-state index in [4.69, 9.17) is 10.5 Å². The maximum atomic E-state index is 12.5. The molecule has 3 fully saturated rings. The summed E-state index contributed by atoms with van der Waals surface area (Å²) in [6, 6.07) is 0. The zero-order valence-electron chi connectivity index (χ0n) is 10.8. The molecule has 0 radical (unpaired) electrons. The lowest BCUT2D eigenvalue weighted by molar-refractivity contribution is -0.0305. The fourth-order valence-electron chi connectivity index (χ4n) is 3.14. The standard InChI is InChI=1S/C13H18N4O2/c14-10-11(7-1-2-7)15-16-12(10)13(18)17-5-8-3-4-9(6-17)19-8/h7-9H,1-6,14H2,(H,15,16). The molecule has 2 bridgehead atoms. The SMILES string of the molecule is Nc1c(C(=O)N2CC3CCC(C2)O3)n[nH]c1C1CC1. The number of nitrogen functional groups attached to an aromatic ring is 1. The van der Waals surface area contributed by atoms with Gasteiger partial charge in [0.2, 0.25) is 0 Å². The number of H-pyrrole nitrogens is 1. The van der Waals surface area contributed by atoms with Gasteiger partial charge in [-0.1, -0.05) is 0 Å². The van der Waals surface area contributed by atoms with Crippen LogP contribution in [0.25, 0.3) is 0 Å². The highest BCUT2D eigenvalue weighted by Gasteiger charge is 2.38. The summed E-state index contributed by atoms with van der Waals surface area (Å²) in [5, 5.41) is 7.08. The molecule has 4 rings (SSSR count). The summed E-state index contributed by atoms with van der Waals surface area (Å²) in [5.41, 5.74) is 7.95. The highest BCUT2D eigenvalue weighted by atomic mass is 16.5. The van der Waals surface area contributed by atoms with Crippen LogP contribution in [0.1, 0.15) is 47.8 Å². The van der Waals surface area contributed by atoms with Gasteiger partial charge in [-0.3, -0.25) is 9.89 Å². The van der Waals surface area contributed by atoms with Crippen molar-refractivity contribution in [2.24, 2.45) is 0 Å². The number of ether oxygens (including phenoxy) is 1. The normalized spacial score (nSPS) is 29.8. The van der Waals surface area contributed by atoms with Crippen molar-refractivity contribution in [3.63, 3.8) is 0 Å². The second-order valence-corrected chi connectivity index (χ2v) is 5.84. The summed E-state index contributed by atoms with van der Waals surface area (Å²) >= 11 is 0. The molecular formula is C13H18N4O2. The molecule has 1 aliphatic carbocycles. The number of morpholine rings is 1. The smallest absolute Gasteiger partial charge is 0.276 e. The number of aromatic nitrogens is 2. The molecule has 2 atom stereocenters. The Kier molecular flexibility index (Phi) is 2.35. The molecule has 3 heterocycles. The van der Waals surface area contributed by atoms with Crippen LogP contribution in [0.4, 0.5) is 5.69 Å². The molecule has 6 nitrogen and oxygen atoms in total. The molecule has 102 valence electrons. The molecule has 0 aromatic carbocycles. The molecule has 3 N–H and O–H groups in total. The number of fused-ring (bicyclic) bond motifs is 2. The van der Waals surface area contributed by atoms with Crippen LogP contribution in [-0.4, -0.2) is 46.3 Å². The van der Waals surface area contributed by atoms with Crippen molar-refractivity contribution in [3.05, 3.63) is 11.4 Å². The minimum Gasteiger partial charge on any atom is -0.395 e. The third kappa shape index (κ3) is 1.82. The summed E-state index contributed by atoms with van der Waals surface area (Å²) < 4.78 is 5.74. The largest absolute Gasteiger partial charge is 0.395 e. The Balaban J connectivity index is 1.56. The van der Waals surface area contributed by atoms with E-state index in [1.165, 1.54) is 0 Å². The van der Waals surface area contributed by atoms with Crippen LogP contribution in [0, 0.1) is 0 Å². The Bertz CT molecular complexity index is 511. The van der Waals surface area contributed by atoms with E-state index in [0.717, 1.165) is 31.4 Å². The molecule has 0 spiro atoms. The van der Waals surface area contributed by atoms with E-state index in [0.29, 0.717) is 30.4 Å². The van der Waals surface area contributed by atoms with Crippen molar-refractivity contribution in [2.45, 2.75) is 43.8 Å². The van der Waals surface area contributed by atoms with Gasteiger partial charge in [0.1, 0.15) is 0 Å². The molecule has 19 heavy (non-hydrogen) atoms. The quantitative estimate of drug-likeness (QED) is 0.828. The Labute approximate surface area is 111 Å². The second kappa shape index (κ2) is 3.96. The highest BCUT2D eigenvalue weighted by Crippen LogP contribution is 2.42. The second-order valence-electron chi connectivity index (χ2n) is 5.84. The number of amides is 1. The molecule has 1 aromatic rings. The monoisotopic (exact) mass is 262 g/mol. The first-order valence-corrected chi connectivity index (χ1v) is 7.01. The minimum atomic E-state index is -0.0548. The number of carbonyl (C=O) groups excluding carboxylic acids is 1. The predicted molar refractivity (Wildman–Crippen MR) is 68.8 cm³/mol. The maximum Gasteiger partial charge on any atom is 0.276 e. The maximum absolute atomic E-state index is 12.5. The van der Waals surface area contributed by atoms with E-state index in [1.807, 2.05) is 4.90 Å². The summed E-state index contributed by atoms with van der Waals surface area (Å²) in [4.78, 5) is 14.3. The minimum absolute atomic E-state index is 0.0548. The Morgan fingerprint density at radius 3 is 2.58 bits per heavy atom. The summed E-state index contributed by atoms with van der Waals surface area (Å²) in [6.07, 6.45) is 4.79. The van der Waals surface area contributed by atoms with Crippen molar-refractivity contribution < 1.29 is 9.53 Å². The number of rotatable bonds is 2. The van der Waals surface area contributed by atoms with E-state index in [-0.39, 0.29) is 18.1 Å². The molecule has 3 aliphatic rings. The van der Waals surface area contributed by atoms with Gasteiger partial charge in [0.25, 0.3) is 5.91 Å². The van der Waals surface area contributed by atoms with Crippen LogP contribution >= 0.6 is 0 Å². The number of likely N-dealkylation sites (tertiary alicyclic amines) is 1. The van der Waals surface area contributed by atoms with Crippen LogP contribution in [0.3, 0.4) is 0 Å². The molecule has 1 saturated carbocycles. The zero-order chi connectivity index (χ0) is 13.0. The predicted octanol–water partition coefficient (Wildman–Crippen LogP) is 0.873. The van der Waals surface area contributed by atoms with Gasteiger partial charge in [0.15, 0.2) is 5.69 Å². The van der Waals surface area contributed by atoms with Crippen LogP contribution in [0.5, 0.6) is 0 Å². The third-order valence-electron chi connectivity index (χ3n) is 4.35. The molecule has 2 aliphatic heterocycles. The highest BCUT2D eigenvalue weighted by molar-refractivity contribution is 5.97. The Hall–Kier alpha value is -1.56. The van der Waals surface area contributed by atoms with Crippen molar-refractivity contribution in [2.75, 3.05) is 18.8 Å². The Morgan fingerprint density at radius 1 is 1.26 bits per heavy atom. The summed E-state index contributed by atoms with van der Waals surface area (Å²) in [5.74, 6) is 0.427. The summed E-state index contributed by atoms with van der Waals surface area (Å²) in [6.45, 7) is 1.33. The molecule has 2 saturated heterocycles. The Morgan fingerprint density at radius 2 is 1.95 bits per heavy atom. The van der Waals surface area contributed by atoms with Crippen molar-refractivity contribution >= 4 is 11.6 Å². The van der Waals surface area contributed by atoms with Gasteiger partial charge in [-0.2, -0.15) is 5.10 Å². The summed E-state index contributed by atoms with van der Waals surface area (Å²) in [7, 11) is 0. The first kappa shape index (κ1) is 11.3. The number of anilines is 1. The van der Waals surface area contributed by atoms with Gasteiger partial charge >= 0.3 is 0 Å². The number of nitrogens with two attached hydrogens (primary N) is 1. The van der Waals surface area contributed by atoms with Gasteiger partial charge in [0.05, 0.1) is 23.6 Å². The zero-order valence-corrected chi connectivity index (χ0v) is 10.8. The van der Waals surface area contributed by atoms with Crippen LogP contribution < -0.4 is 5.73 Å². The van der Waals surface area contributed by atoms with Gasteiger partial charge in [-0.15, -0.1) is 0 Å². The lowest BCUT2D eigenvalue weighted by atomic mass is 10.2.